The number of rotatable bonds is 3. The van der Waals surface area contributed by atoms with Gasteiger partial charge in [0.25, 0.3) is 0 Å². The van der Waals surface area contributed by atoms with Crippen LogP contribution in [0.25, 0.3) is 0 Å². The van der Waals surface area contributed by atoms with Crippen molar-refractivity contribution in [2.75, 3.05) is 21.3 Å². The number of aliphatic hydroxyl groups is 1. The Morgan fingerprint density at radius 2 is 1.07 bits per heavy atom. The van der Waals surface area contributed by atoms with Crippen LogP contribution in [0.15, 0.2) is 47.1 Å². The molecule has 554 valence electrons. The normalized spacial score (nSPS) is 50.7. The maximum absolute atomic E-state index is 15.7. The molecule has 102 heavy (non-hydrogen) atoms. The highest BCUT2D eigenvalue weighted by atomic mass is 16.7. The van der Waals surface area contributed by atoms with Gasteiger partial charge in [0.2, 0.25) is 11.4 Å². The minimum absolute atomic E-state index is 0.0353. The highest BCUT2D eigenvalue weighted by Gasteiger charge is 2.77. The van der Waals surface area contributed by atoms with Crippen LogP contribution in [0.3, 0.4) is 0 Å². The molecular weight excluding hydrogens is 1270 g/mol. The number of allylic oxidation sites excluding steroid dienone is 3. The number of methoxy groups -OCH3 is 3. The van der Waals surface area contributed by atoms with E-state index in [4.69, 9.17) is 33.2 Å². The van der Waals surface area contributed by atoms with Crippen LogP contribution in [0.4, 0.5) is 0 Å². The smallest absolute Gasteiger partial charge is 0.317 e. The van der Waals surface area contributed by atoms with Gasteiger partial charge in [-0.1, -0.05) is 107 Å². The number of ether oxygens (including phenoxy) is 7. The van der Waals surface area contributed by atoms with E-state index in [0.29, 0.717) is 17.4 Å². The quantitative estimate of drug-likeness (QED) is 0.230. The van der Waals surface area contributed by atoms with Crippen molar-refractivity contribution in [3.8, 4) is 23.0 Å². The van der Waals surface area contributed by atoms with E-state index in [9.17, 15) is 19.5 Å². The Hall–Kier alpha value is -5.10. The third kappa shape index (κ3) is 7.93. The first-order chi connectivity index (χ1) is 47.5. The van der Waals surface area contributed by atoms with Gasteiger partial charge in [-0.2, -0.15) is 0 Å². The monoisotopic (exact) mass is 1390 g/mol. The zero-order chi connectivity index (χ0) is 73.1. The molecule has 24 atom stereocenters. The fraction of sp³-hybridized carbons (Fsp3) is 0.756. The molecule has 0 spiro atoms. The van der Waals surface area contributed by atoms with Gasteiger partial charge in [0.15, 0.2) is 29.1 Å². The van der Waals surface area contributed by atoms with Crippen LogP contribution in [-0.4, -0.2) is 67.6 Å². The number of carbonyl (C=O) groups is 4. The lowest BCUT2D eigenvalue weighted by atomic mass is 9.31. The Morgan fingerprint density at radius 3 is 1.73 bits per heavy atom. The zero-order valence-corrected chi connectivity index (χ0v) is 66.1. The molecule has 15 aliphatic rings. The Morgan fingerprint density at radius 1 is 0.510 bits per heavy atom. The van der Waals surface area contributed by atoms with Gasteiger partial charge in [-0.3, -0.25) is 19.2 Å². The van der Waals surface area contributed by atoms with Crippen molar-refractivity contribution in [1.29, 1.82) is 0 Å². The van der Waals surface area contributed by atoms with Crippen LogP contribution < -0.4 is 18.9 Å². The van der Waals surface area contributed by atoms with E-state index in [2.05, 4.69) is 142 Å². The Bertz CT molecular complexity index is 4200. The topological polar surface area (TPSA) is 153 Å². The fourth-order valence-corrected chi connectivity index (χ4v) is 31.1. The summed E-state index contributed by atoms with van der Waals surface area (Å²) < 4.78 is 48.2. The molecule has 9 fully saturated rings. The van der Waals surface area contributed by atoms with Crippen molar-refractivity contribution < 1.29 is 57.4 Å². The minimum atomic E-state index is -2.40. The second-order valence-corrected chi connectivity index (χ2v) is 41.7. The van der Waals surface area contributed by atoms with Crippen LogP contribution in [0.5, 0.6) is 23.0 Å². The molecule has 0 radical (unpaired) electrons. The maximum Gasteiger partial charge on any atom is 0.317 e. The second kappa shape index (κ2) is 20.8. The van der Waals surface area contributed by atoms with Crippen LogP contribution in [0.2, 0.25) is 0 Å². The lowest BCUT2D eigenvalue weighted by molar-refractivity contribution is -0.240. The first kappa shape index (κ1) is 69.9. The van der Waals surface area contributed by atoms with Crippen molar-refractivity contribution in [2.45, 2.75) is 307 Å². The first-order valence-electron chi connectivity index (χ1n) is 40.2. The maximum atomic E-state index is 15.7. The number of hydrogen-bond donors (Lipinski definition) is 1. The highest BCUT2D eigenvalue weighted by molar-refractivity contribution is 6.02. The minimum Gasteiger partial charge on any atom is -0.482 e. The zero-order valence-electron chi connectivity index (χ0n) is 66.1. The first-order valence-corrected chi connectivity index (χ1v) is 40.2. The largest absolute Gasteiger partial charge is 0.482 e. The molecule has 1 N–H and O–H groups in total. The average Bonchev–Trinajstić information content (AvgIpc) is 0.672. The summed E-state index contributed by atoms with van der Waals surface area (Å²) in [4.78, 5) is 57.6. The standard InChI is InChI=1S/C90H122O12/c1-50-52-23-25-59-79(8,37-44-88(17)70-76(5,35-40-84(59,88)13)27-22-28-82(70,11)73(94)98-21)54(52)45-57-65(50)100-68-67(99-57)64-51(2)66-58(46-56(64)81(10)38-43-86(15)62-49-78(7,72(93)97-20)32-30-75(62,4)34-41-87(86,16)69(68)81)101-90(95)63(91)47-55-53(89(90,18)102-66)24-26-60-80(55,9)36-42-85(14)61-48-77(6,71(92)96-19)31-29-74(61,3)33-39-83(60,85)12/h24,26,45-47,59,61-62,67-70,95H,22-23,25,27-44,48-49H2,1-21H3/t59?,61-,62-,67+,68+,69?,70+,74-,75-,76-,77-,78-,79+,80+,81+,82-,83-,84-,85+,86+,87-,88+,89+,90-/m1/s1. The Labute approximate surface area is 609 Å². The molecule has 17 rings (SSSR count). The van der Waals surface area contributed by atoms with Gasteiger partial charge in [0, 0.05) is 33.4 Å². The lowest BCUT2D eigenvalue weighted by Crippen LogP contribution is -2.70. The molecule has 2 aromatic carbocycles. The van der Waals surface area contributed by atoms with Crippen LogP contribution in [0, 0.1) is 114 Å². The summed E-state index contributed by atoms with van der Waals surface area (Å²) in [7, 11) is 4.68. The molecular formula is C90H122O12. The van der Waals surface area contributed by atoms with Crippen LogP contribution in [-0.2, 0) is 50.6 Å². The average molecular weight is 1400 g/mol. The summed E-state index contributed by atoms with van der Waals surface area (Å²) in [5.41, 5.74) is 4.51. The number of benzene rings is 2. The molecule has 0 bridgehead atoms. The summed E-state index contributed by atoms with van der Waals surface area (Å²) in [6, 6.07) is 4.58. The number of esters is 3. The van der Waals surface area contributed by atoms with E-state index < -0.39 is 56.5 Å². The predicted molar refractivity (Wildman–Crippen MR) is 393 cm³/mol. The summed E-state index contributed by atoms with van der Waals surface area (Å²) in [5.74, 6) is 0.388. The van der Waals surface area contributed by atoms with Crippen molar-refractivity contribution in [1.82, 2.24) is 0 Å². The van der Waals surface area contributed by atoms with Gasteiger partial charge < -0.3 is 38.3 Å². The molecule has 12 nitrogen and oxygen atoms in total. The Kier molecular flexibility index (Phi) is 14.2. The number of carbonyl (C=O) groups excluding carboxylic acids is 4. The van der Waals surface area contributed by atoms with Crippen molar-refractivity contribution in [3.63, 3.8) is 0 Å². The highest BCUT2D eigenvalue weighted by Crippen LogP contribution is 2.82. The van der Waals surface area contributed by atoms with E-state index in [0.717, 1.165) is 187 Å². The third-order valence-electron chi connectivity index (χ3n) is 37.6. The van der Waals surface area contributed by atoms with Gasteiger partial charge in [-0.25, -0.2) is 0 Å². The predicted octanol–water partition coefficient (Wildman–Crippen LogP) is 19.3. The SMILES string of the molecule is COC(=O)[C@]1(C)CC[C@]2(C)CC[C@]3(C)C4=CC=C5C(=CC(=O)[C@@]6(O)Oc7cc8c(c(C)c7O[C@@]56C)[C@@H]5Oc6cc7c(c(C)c6O[C@@H]5C5[C@@]8(C)CC[C@@]6(C)[C@@H]8C[C@](C)(C(=O)OC)CC[C@]8(C)CC[C@]56C)CCC5[C@@]7(C)CC[C@@]6(C)[C@H]7[C@](C)(CCC[C@@]7(C)C(=O)OC)CC[C@]56C)[C@]4(C)CC[C@@]3(C)[C@@H]2C1. The van der Waals surface area contributed by atoms with Gasteiger partial charge in [-0.05, 0) is 307 Å². The molecule has 2 aromatic rings. The van der Waals surface area contributed by atoms with Gasteiger partial charge in [0.05, 0.1) is 37.6 Å². The van der Waals surface area contributed by atoms with E-state index in [-0.39, 0.29) is 95.7 Å². The van der Waals surface area contributed by atoms with Crippen LogP contribution >= 0.6 is 0 Å². The molecule has 2 aliphatic heterocycles. The summed E-state index contributed by atoms with van der Waals surface area (Å²) >= 11 is 0. The molecule has 0 saturated heterocycles. The number of hydrogen-bond acceptors (Lipinski definition) is 12. The molecule has 13 aliphatic carbocycles. The van der Waals surface area contributed by atoms with Crippen LogP contribution in [0.1, 0.15) is 292 Å². The van der Waals surface area contributed by atoms with E-state index in [1.807, 2.05) is 6.92 Å². The lowest BCUT2D eigenvalue weighted by Gasteiger charge is -2.73. The van der Waals surface area contributed by atoms with E-state index >= 15 is 4.79 Å². The molecule has 9 saturated carbocycles. The number of fused-ring (bicyclic) bond motifs is 28. The third-order valence-corrected chi connectivity index (χ3v) is 37.6. The second-order valence-electron chi connectivity index (χ2n) is 41.7. The molecule has 0 aromatic heterocycles. The summed E-state index contributed by atoms with van der Waals surface area (Å²) in [6.45, 7) is 43.1. The Balaban J connectivity index is 0.794. The summed E-state index contributed by atoms with van der Waals surface area (Å²) in [6.07, 6.45) is 27.3. The van der Waals surface area contributed by atoms with E-state index in [1.165, 1.54) is 29.4 Å². The van der Waals surface area contributed by atoms with Crippen molar-refractivity contribution >= 4 is 23.7 Å². The van der Waals surface area contributed by atoms with E-state index in [1.54, 1.807) is 20.3 Å². The van der Waals surface area contributed by atoms with Crippen molar-refractivity contribution in [3.05, 3.63) is 80.5 Å². The van der Waals surface area contributed by atoms with Crippen molar-refractivity contribution in [2.24, 2.45) is 100.0 Å². The number of ketones is 1. The molecule has 2 unspecified atom stereocenters. The fourth-order valence-electron chi connectivity index (χ4n) is 31.1. The molecule has 12 heteroatoms. The van der Waals surface area contributed by atoms with Gasteiger partial charge >= 0.3 is 23.7 Å². The molecule has 2 heterocycles. The summed E-state index contributed by atoms with van der Waals surface area (Å²) in [5, 5.41) is 13.6. The van der Waals surface area contributed by atoms with Gasteiger partial charge in [-0.15, -0.1) is 0 Å². The molecule has 0 amide bonds. The van der Waals surface area contributed by atoms with Gasteiger partial charge in [0.1, 0.15) is 6.10 Å².